The van der Waals surface area contributed by atoms with Crippen molar-refractivity contribution in [3.8, 4) is 0 Å². The molecule has 2 fully saturated rings. The summed E-state index contributed by atoms with van der Waals surface area (Å²) < 4.78 is 5.19. The van der Waals surface area contributed by atoms with Crippen molar-refractivity contribution in [1.29, 1.82) is 0 Å². The Bertz CT molecular complexity index is 438. The van der Waals surface area contributed by atoms with Gasteiger partial charge < -0.3 is 14.7 Å². The Hall–Kier alpha value is -0.690. The van der Waals surface area contributed by atoms with Gasteiger partial charge in [-0.05, 0) is 25.3 Å². The van der Waals surface area contributed by atoms with Crippen LogP contribution in [0.15, 0.2) is 4.52 Å². The SMILES string of the molecule is Cc1noc(CN2CCN(CC3(C)CCNC3)CC2)n1.Cl. The number of rotatable bonds is 4. The Morgan fingerprint density at radius 1 is 1.24 bits per heavy atom. The molecule has 3 rings (SSSR count). The van der Waals surface area contributed by atoms with Crippen LogP contribution in [0.2, 0.25) is 0 Å². The average molecular weight is 316 g/mol. The molecule has 1 unspecified atom stereocenters. The molecular weight excluding hydrogens is 290 g/mol. The van der Waals surface area contributed by atoms with Crippen LogP contribution in [0.25, 0.3) is 0 Å². The van der Waals surface area contributed by atoms with Gasteiger partial charge in [0, 0.05) is 39.3 Å². The highest BCUT2D eigenvalue weighted by atomic mass is 35.5. The summed E-state index contributed by atoms with van der Waals surface area (Å²) in [5, 5.41) is 7.33. The lowest BCUT2D eigenvalue weighted by Gasteiger charge is -2.38. The molecule has 6 nitrogen and oxygen atoms in total. The number of nitrogens with one attached hydrogen (secondary N) is 1. The first kappa shape index (κ1) is 16.7. The molecule has 0 radical (unpaired) electrons. The van der Waals surface area contributed by atoms with Crippen LogP contribution >= 0.6 is 12.4 Å². The van der Waals surface area contributed by atoms with E-state index in [1.54, 1.807) is 0 Å². The van der Waals surface area contributed by atoms with E-state index in [9.17, 15) is 0 Å². The van der Waals surface area contributed by atoms with Gasteiger partial charge in [0.2, 0.25) is 5.89 Å². The molecule has 0 aromatic carbocycles. The van der Waals surface area contributed by atoms with Crippen molar-refractivity contribution in [2.24, 2.45) is 5.41 Å². The zero-order valence-corrected chi connectivity index (χ0v) is 13.8. The zero-order valence-electron chi connectivity index (χ0n) is 13.0. The summed E-state index contributed by atoms with van der Waals surface area (Å²) in [6.07, 6.45) is 1.30. The van der Waals surface area contributed by atoms with Crippen molar-refractivity contribution in [3.63, 3.8) is 0 Å². The lowest BCUT2D eigenvalue weighted by molar-refractivity contribution is 0.0869. The number of piperazine rings is 1. The zero-order chi connectivity index (χ0) is 14.0. The van der Waals surface area contributed by atoms with Gasteiger partial charge in [-0.1, -0.05) is 12.1 Å². The van der Waals surface area contributed by atoms with Gasteiger partial charge in [0.05, 0.1) is 6.54 Å². The number of halogens is 1. The Morgan fingerprint density at radius 2 is 1.95 bits per heavy atom. The fourth-order valence-corrected chi connectivity index (χ4v) is 3.24. The monoisotopic (exact) mass is 315 g/mol. The lowest BCUT2D eigenvalue weighted by atomic mass is 9.89. The highest BCUT2D eigenvalue weighted by molar-refractivity contribution is 5.85. The van der Waals surface area contributed by atoms with Gasteiger partial charge in [0.25, 0.3) is 0 Å². The van der Waals surface area contributed by atoms with E-state index in [2.05, 4.69) is 32.2 Å². The molecule has 1 atom stereocenters. The molecule has 2 aliphatic heterocycles. The summed E-state index contributed by atoms with van der Waals surface area (Å²) in [5.41, 5.74) is 0.464. The average Bonchev–Trinajstić information content (AvgIpc) is 3.01. The molecule has 1 aromatic rings. The molecular formula is C14H26ClN5O. The minimum Gasteiger partial charge on any atom is -0.338 e. The second-order valence-electron chi connectivity index (χ2n) is 6.53. The number of hydrogen-bond donors (Lipinski definition) is 1. The van der Waals surface area contributed by atoms with Crippen LogP contribution in [0.4, 0.5) is 0 Å². The molecule has 3 heterocycles. The van der Waals surface area contributed by atoms with Crippen LogP contribution < -0.4 is 5.32 Å². The van der Waals surface area contributed by atoms with E-state index in [0.717, 1.165) is 51.0 Å². The molecule has 0 bridgehead atoms. The number of aromatic nitrogens is 2. The standard InChI is InChI=1S/C14H25N5O.ClH/c1-12-16-13(20-17-12)9-18-5-7-19(8-6-18)11-14(2)3-4-15-10-14;/h15H,3-11H2,1-2H3;1H. The topological polar surface area (TPSA) is 57.4 Å². The number of aryl methyl sites for hydroxylation is 1. The summed E-state index contributed by atoms with van der Waals surface area (Å²) in [7, 11) is 0. The van der Waals surface area contributed by atoms with Gasteiger partial charge in [0.15, 0.2) is 5.82 Å². The van der Waals surface area contributed by atoms with Gasteiger partial charge in [-0.15, -0.1) is 12.4 Å². The van der Waals surface area contributed by atoms with Crippen molar-refractivity contribution >= 4 is 12.4 Å². The van der Waals surface area contributed by atoms with E-state index < -0.39 is 0 Å². The van der Waals surface area contributed by atoms with Crippen LogP contribution in [-0.2, 0) is 6.54 Å². The molecule has 0 aliphatic carbocycles. The summed E-state index contributed by atoms with van der Waals surface area (Å²) in [6, 6.07) is 0. The van der Waals surface area contributed by atoms with Crippen molar-refractivity contribution in [3.05, 3.63) is 11.7 Å². The molecule has 1 aromatic heterocycles. The summed E-state index contributed by atoms with van der Waals surface area (Å²) in [4.78, 5) is 9.28. The van der Waals surface area contributed by atoms with Gasteiger partial charge in [-0.2, -0.15) is 4.98 Å². The summed E-state index contributed by atoms with van der Waals surface area (Å²) in [6.45, 7) is 13.1. The van der Waals surface area contributed by atoms with Gasteiger partial charge in [-0.25, -0.2) is 0 Å². The van der Waals surface area contributed by atoms with E-state index in [1.165, 1.54) is 19.5 Å². The highest BCUT2D eigenvalue weighted by Crippen LogP contribution is 2.26. The number of nitrogens with zero attached hydrogens (tertiary/aromatic N) is 4. The molecule has 120 valence electrons. The summed E-state index contributed by atoms with van der Waals surface area (Å²) in [5.74, 6) is 1.46. The third-order valence-corrected chi connectivity index (χ3v) is 4.46. The largest absolute Gasteiger partial charge is 0.338 e. The van der Waals surface area contributed by atoms with E-state index >= 15 is 0 Å². The number of hydrogen-bond acceptors (Lipinski definition) is 6. The minimum atomic E-state index is 0. The van der Waals surface area contributed by atoms with Gasteiger partial charge in [0.1, 0.15) is 0 Å². The van der Waals surface area contributed by atoms with E-state index in [0.29, 0.717) is 5.41 Å². The maximum Gasteiger partial charge on any atom is 0.240 e. The fraction of sp³-hybridized carbons (Fsp3) is 0.857. The van der Waals surface area contributed by atoms with Crippen LogP contribution in [0.5, 0.6) is 0 Å². The Kier molecular flexibility index (Phi) is 5.60. The second-order valence-corrected chi connectivity index (χ2v) is 6.53. The van der Waals surface area contributed by atoms with E-state index in [-0.39, 0.29) is 12.4 Å². The molecule has 0 saturated carbocycles. The molecule has 2 saturated heterocycles. The van der Waals surface area contributed by atoms with Crippen molar-refractivity contribution in [2.45, 2.75) is 26.8 Å². The maximum atomic E-state index is 5.19. The Morgan fingerprint density at radius 3 is 2.52 bits per heavy atom. The third kappa shape index (κ3) is 4.39. The quantitative estimate of drug-likeness (QED) is 0.891. The Labute approximate surface area is 132 Å². The fourth-order valence-electron chi connectivity index (χ4n) is 3.24. The molecule has 0 spiro atoms. The van der Waals surface area contributed by atoms with Crippen LogP contribution in [-0.4, -0.2) is 65.8 Å². The predicted molar refractivity (Wildman–Crippen MR) is 83.6 cm³/mol. The van der Waals surface area contributed by atoms with Crippen molar-refractivity contribution in [1.82, 2.24) is 25.3 Å². The van der Waals surface area contributed by atoms with Crippen LogP contribution in [0.1, 0.15) is 25.1 Å². The normalized spacial score (nSPS) is 27.7. The van der Waals surface area contributed by atoms with Gasteiger partial charge in [-0.3, -0.25) is 4.90 Å². The van der Waals surface area contributed by atoms with Gasteiger partial charge >= 0.3 is 0 Å². The van der Waals surface area contributed by atoms with Crippen molar-refractivity contribution < 1.29 is 4.52 Å². The van der Waals surface area contributed by atoms with Crippen LogP contribution in [0, 0.1) is 12.3 Å². The molecule has 2 aliphatic rings. The first-order valence-corrected chi connectivity index (χ1v) is 7.58. The maximum absolute atomic E-state index is 5.19. The smallest absolute Gasteiger partial charge is 0.240 e. The highest BCUT2D eigenvalue weighted by Gasteiger charge is 2.31. The first-order valence-electron chi connectivity index (χ1n) is 7.58. The third-order valence-electron chi connectivity index (χ3n) is 4.46. The molecule has 0 amide bonds. The molecule has 7 heteroatoms. The Balaban J connectivity index is 0.00000161. The summed E-state index contributed by atoms with van der Waals surface area (Å²) >= 11 is 0. The molecule has 1 N–H and O–H groups in total. The van der Waals surface area contributed by atoms with E-state index in [1.807, 2.05) is 6.92 Å². The predicted octanol–water partition coefficient (Wildman–Crippen LogP) is 0.917. The van der Waals surface area contributed by atoms with Crippen molar-refractivity contribution in [2.75, 3.05) is 45.8 Å². The molecule has 21 heavy (non-hydrogen) atoms. The minimum absolute atomic E-state index is 0. The lowest BCUT2D eigenvalue weighted by Crippen LogP contribution is -2.49. The van der Waals surface area contributed by atoms with Crippen LogP contribution in [0.3, 0.4) is 0 Å². The first-order chi connectivity index (χ1) is 9.63. The second kappa shape index (κ2) is 7.05. The van der Waals surface area contributed by atoms with E-state index in [4.69, 9.17) is 4.52 Å².